The zero-order valence-electron chi connectivity index (χ0n) is 16.9. The van der Waals surface area contributed by atoms with Gasteiger partial charge in [-0.3, -0.25) is 0 Å². The van der Waals surface area contributed by atoms with Crippen LogP contribution in [0.25, 0.3) is 22.1 Å². The summed E-state index contributed by atoms with van der Waals surface area (Å²) in [5.74, 6) is -5.59. The quantitative estimate of drug-likeness (QED) is 0.554. The molecule has 3 aromatic rings. The second-order valence-corrected chi connectivity index (χ2v) is 9.54. The fourth-order valence-corrected chi connectivity index (χ4v) is 4.80. The molecular formula is C20H19F4N3O4S. The normalized spacial score (nSPS) is 20.9. The number of aliphatic hydroxyl groups is 1. The molecule has 0 spiro atoms. The molecule has 2 atom stereocenters. The van der Waals surface area contributed by atoms with Crippen LogP contribution < -0.4 is 9.62 Å². The predicted molar refractivity (Wildman–Crippen MR) is 109 cm³/mol. The van der Waals surface area contributed by atoms with Crippen molar-refractivity contribution in [3.63, 3.8) is 0 Å². The Hall–Kier alpha value is -2.70. The Labute approximate surface area is 180 Å². The van der Waals surface area contributed by atoms with E-state index >= 15 is 0 Å². The van der Waals surface area contributed by atoms with Crippen molar-refractivity contribution in [2.24, 2.45) is 0 Å². The molecule has 2 aromatic carbocycles. The van der Waals surface area contributed by atoms with Crippen LogP contribution in [0.1, 0.15) is 5.56 Å². The smallest absolute Gasteiger partial charge is 0.287 e. The van der Waals surface area contributed by atoms with Gasteiger partial charge in [-0.15, -0.1) is 0 Å². The number of anilines is 1. The number of hydrogen-bond acceptors (Lipinski definition) is 6. The van der Waals surface area contributed by atoms with Crippen LogP contribution in [0.5, 0.6) is 0 Å². The van der Waals surface area contributed by atoms with E-state index in [9.17, 15) is 31.1 Å². The molecule has 1 aliphatic rings. The summed E-state index contributed by atoms with van der Waals surface area (Å²) >= 11 is 0. The maximum Gasteiger partial charge on any atom is 0.287 e. The molecule has 0 unspecified atom stereocenters. The Morgan fingerprint density at radius 2 is 1.94 bits per heavy atom. The molecule has 172 valence electrons. The number of benzene rings is 2. The summed E-state index contributed by atoms with van der Waals surface area (Å²) in [5.41, 5.74) is 0.325. The topological polar surface area (TPSA) is 95.7 Å². The molecule has 0 aliphatic carbocycles. The van der Waals surface area contributed by atoms with Gasteiger partial charge >= 0.3 is 0 Å². The van der Waals surface area contributed by atoms with Gasteiger partial charge in [-0.25, -0.2) is 30.7 Å². The van der Waals surface area contributed by atoms with E-state index in [0.29, 0.717) is 5.56 Å². The van der Waals surface area contributed by atoms with E-state index in [1.54, 1.807) is 6.92 Å². The fraction of sp³-hybridized carbons (Fsp3) is 0.350. The van der Waals surface area contributed by atoms with E-state index in [2.05, 4.69) is 5.16 Å². The number of halogens is 4. The first-order valence-electron chi connectivity index (χ1n) is 9.51. The largest absolute Gasteiger partial charge is 0.394 e. The maximum atomic E-state index is 15.0. The molecule has 0 bridgehead atoms. The second kappa shape index (κ2) is 7.71. The van der Waals surface area contributed by atoms with Crippen LogP contribution in [0.2, 0.25) is 0 Å². The lowest BCUT2D eigenvalue weighted by Gasteiger charge is -2.26. The minimum absolute atomic E-state index is 0.0337. The van der Waals surface area contributed by atoms with Gasteiger partial charge in [0.05, 0.1) is 23.8 Å². The van der Waals surface area contributed by atoms with Crippen molar-refractivity contribution in [1.29, 1.82) is 0 Å². The third kappa shape index (κ3) is 3.71. The lowest BCUT2D eigenvalue weighted by atomic mass is 9.98. The van der Waals surface area contributed by atoms with Crippen molar-refractivity contribution < 1.29 is 35.6 Å². The zero-order valence-corrected chi connectivity index (χ0v) is 17.8. The van der Waals surface area contributed by atoms with Gasteiger partial charge in [0.25, 0.3) is 5.92 Å². The van der Waals surface area contributed by atoms with Crippen LogP contribution in [0, 0.1) is 18.6 Å². The Morgan fingerprint density at radius 1 is 1.28 bits per heavy atom. The van der Waals surface area contributed by atoms with Crippen LogP contribution in [0.15, 0.2) is 34.9 Å². The van der Waals surface area contributed by atoms with Gasteiger partial charge < -0.3 is 14.5 Å². The van der Waals surface area contributed by atoms with Crippen molar-refractivity contribution in [3.8, 4) is 11.1 Å². The second-order valence-electron chi connectivity index (χ2n) is 7.76. The molecule has 1 aromatic heterocycles. The molecule has 0 amide bonds. The Balaban J connectivity index is 1.93. The molecule has 4 rings (SSSR count). The van der Waals surface area contributed by atoms with Gasteiger partial charge in [0.15, 0.2) is 11.4 Å². The van der Waals surface area contributed by atoms with Crippen molar-refractivity contribution in [3.05, 3.63) is 47.5 Å². The molecule has 1 saturated heterocycles. The number of rotatable bonds is 5. The van der Waals surface area contributed by atoms with E-state index in [0.717, 1.165) is 23.3 Å². The van der Waals surface area contributed by atoms with Gasteiger partial charge in [0.2, 0.25) is 10.0 Å². The van der Waals surface area contributed by atoms with E-state index in [4.69, 9.17) is 4.52 Å². The van der Waals surface area contributed by atoms with E-state index in [1.807, 2.05) is 4.72 Å². The molecule has 1 fully saturated rings. The highest BCUT2D eigenvalue weighted by atomic mass is 32.2. The number of aromatic nitrogens is 1. The van der Waals surface area contributed by atoms with Crippen molar-refractivity contribution in [2.75, 3.05) is 24.3 Å². The van der Waals surface area contributed by atoms with E-state index in [1.165, 1.54) is 18.2 Å². The van der Waals surface area contributed by atoms with Gasteiger partial charge in [-0.05, 0) is 30.7 Å². The summed E-state index contributed by atoms with van der Waals surface area (Å²) < 4.78 is 89.4. The van der Waals surface area contributed by atoms with Gasteiger partial charge in [0, 0.05) is 12.1 Å². The molecular weight excluding hydrogens is 454 g/mol. The van der Waals surface area contributed by atoms with Crippen LogP contribution in [0.4, 0.5) is 23.4 Å². The number of sulfonamides is 1. The number of aryl methyl sites for hydroxylation is 1. The molecule has 0 radical (unpaired) electrons. The lowest BCUT2D eigenvalue weighted by molar-refractivity contribution is -0.0384. The van der Waals surface area contributed by atoms with E-state index < -0.39 is 52.8 Å². The first-order chi connectivity index (χ1) is 14.9. The Bertz CT molecular complexity index is 1280. The maximum absolute atomic E-state index is 15.0. The Morgan fingerprint density at radius 3 is 2.53 bits per heavy atom. The molecule has 12 heteroatoms. The lowest BCUT2D eigenvalue weighted by Crippen LogP contribution is -2.50. The highest BCUT2D eigenvalue weighted by molar-refractivity contribution is 7.88. The van der Waals surface area contributed by atoms with Crippen LogP contribution in [-0.2, 0) is 10.0 Å². The van der Waals surface area contributed by atoms with Gasteiger partial charge in [0.1, 0.15) is 23.7 Å². The van der Waals surface area contributed by atoms with Crippen LogP contribution in [0.3, 0.4) is 0 Å². The summed E-state index contributed by atoms with van der Waals surface area (Å²) in [7, 11) is -3.99. The molecule has 1 aliphatic heterocycles. The van der Waals surface area contributed by atoms with Crippen molar-refractivity contribution >= 4 is 26.8 Å². The monoisotopic (exact) mass is 473 g/mol. The zero-order chi connectivity index (χ0) is 23.4. The highest BCUT2D eigenvalue weighted by Crippen LogP contribution is 2.43. The first kappa shape index (κ1) is 22.5. The standard InChI is InChI=1S/C20H19F4N3O4S/c1-10-6-11(17-12(21)4-3-5-13(17)22)18-14(7-10)31-25-19(18)27-8-15(26-32(2,29)30)20(23,24)16(27)9-28/h3-7,15-16,26,28H,8-9H2,1-2H3/t15-,16-/m1/s1. The van der Waals surface area contributed by atoms with Gasteiger partial charge in [-0.2, -0.15) is 0 Å². The summed E-state index contributed by atoms with van der Waals surface area (Å²) in [5, 5.41) is 13.6. The van der Waals surface area contributed by atoms with Crippen LogP contribution >= 0.6 is 0 Å². The molecule has 7 nitrogen and oxygen atoms in total. The average Bonchev–Trinajstić information content (AvgIpc) is 3.18. The number of hydrogen-bond donors (Lipinski definition) is 2. The number of fused-ring (bicyclic) bond motifs is 1. The summed E-state index contributed by atoms with van der Waals surface area (Å²) in [6, 6.07) is 2.61. The third-order valence-corrected chi connectivity index (χ3v) is 6.11. The van der Waals surface area contributed by atoms with Crippen LogP contribution in [-0.4, -0.2) is 56.1 Å². The van der Waals surface area contributed by atoms with E-state index in [-0.39, 0.29) is 27.9 Å². The molecule has 32 heavy (non-hydrogen) atoms. The van der Waals surface area contributed by atoms with Gasteiger partial charge in [-0.1, -0.05) is 17.3 Å². The SMILES string of the molecule is Cc1cc(-c2c(F)cccc2F)c2c(N3C[C@@H](NS(C)(=O)=O)C(F)(F)[C@H]3CO)noc2c1. The number of nitrogens with zero attached hydrogens (tertiary/aromatic N) is 2. The minimum atomic E-state index is -3.99. The number of nitrogens with one attached hydrogen (secondary N) is 1. The molecule has 0 saturated carbocycles. The molecule has 2 heterocycles. The minimum Gasteiger partial charge on any atom is -0.394 e. The highest BCUT2D eigenvalue weighted by Gasteiger charge is 2.58. The Kier molecular flexibility index (Phi) is 5.42. The third-order valence-electron chi connectivity index (χ3n) is 5.40. The molecule has 2 N–H and O–H groups in total. The predicted octanol–water partition coefficient (Wildman–Crippen LogP) is 2.82. The average molecular weight is 473 g/mol. The number of alkyl halides is 2. The van der Waals surface area contributed by atoms with Crippen molar-refractivity contribution in [2.45, 2.75) is 24.9 Å². The first-order valence-corrected chi connectivity index (χ1v) is 11.4. The van der Waals surface area contributed by atoms with Crippen molar-refractivity contribution in [1.82, 2.24) is 9.88 Å². The number of aliphatic hydroxyl groups excluding tert-OH is 1. The summed E-state index contributed by atoms with van der Waals surface area (Å²) in [4.78, 5) is 0.992. The summed E-state index contributed by atoms with van der Waals surface area (Å²) in [6.07, 6.45) is 0.743. The summed E-state index contributed by atoms with van der Waals surface area (Å²) in [6.45, 7) is 0.0784. The fourth-order valence-electron chi connectivity index (χ4n) is 4.06.